The van der Waals surface area contributed by atoms with Gasteiger partial charge < -0.3 is 10.0 Å². The second-order valence-electron chi connectivity index (χ2n) is 8.65. The van der Waals surface area contributed by atoms with Crippen molar-refractivity contribution in [3.05, 3.63) is 101 Å². The maximum absolute atomic E-state index is 13.4. The molecule has 6 heteroatoms. The van der Waals surface area contributed by atoms with Gasteiger partial charge in [0.2, 0.25) is 0 Å². The first-order valence-corrected chi connectivity index (χ1v) is 11.5. The van der Waals surface area contributed by atoms with Crippen molar-refractivity contribution >= 4 is 28.8 Å². The molecule has 0 radical (unpaired) electrons. The Labute approximate surface area is 197 Å². The molecular weight excluding hydrogens is 431 g/mol. The van der Waals surface area contributed by atoms with Crippen LogP contribution in [-0.4, -0.2) is 29.9 Å². The number of amides is 1. The topological polar surface area (TPSA) is 60.9 Å². The van der Waals surface area contributed by atoms with E-state index in [1.54, 1.807) is 0 Å². The molecule has 34 heavy (non-hydrogen) atoms. The van der Waals surface area contributed by atoms with Crippen LogP contribution < -0.4 is 9.80 Å². The van der Waals surface area contributed by atoms with E-state index < -0.39 is 23.5 Å². The van der Waals surface area contributed by atoms with Gasteiger partial charge in [0.05, 0.1) is 11.6 Å². The summed E-state index contributed by atoms with van der Waals surface area (Å²) in [5.41, 5.74) is 2.63. The number of Topliss-reactive ketones (excluding diaryl/α,β-unsaturated/α-hetero) is 1. The maximum atomic E-state index is 13.4. The molecule has 2 aliphatic heterocycles. The summed E-state index contributed by atoms with van der Waals surface area (Å²) in [5.74, 6) is -2.25. The van der Waals surface area contributed by atoms with Gasteiger partial charge in [0.15, 0.2) is 0 Å². The van der Waals surface area contributed by atoms with Gasteiger partial charge in [-0.2, -0.15) is 0 Å². The highest BCUT2D eigenvalue weighted by Gasteiger charge is 2.46. The third-order valence-corrected chi connectivity index (χ3v) is 6.53. The van der Waals surface area contributed by atoms with E-state index in [2.05, 4.69) is 4.90 Å². The molecule has 5 nitrogen and oxygen atoms in total. The van der Waals surface area contributed by atoms with Gasteiger partial charge in [0, 0.05) is 30.0 Å². The molecule has 2 fully saturated rings. The number of aliphatic hydroxyl groups is 1. The molecule has 2 saturated heterocycles. The van der Waals surface area contributed by atoms with E-state index in [9.17, 15) is 19.1 Å². The number of hydrogen-bond acceptors (Lipinski definition) is 4. The van der Waals surface area contributed by atoms with Crippen LogP contribution in [0.4, 0.5) is 15.8 Å². The lowest BCUT2D eigenvalue weighted by Crippen LogP contribution is -2.30. The lowest BCUT2D eigenvalue weighted by atomic mass is 9.95. The smallest absolute Gasteiger partial charge is 0.300 e. The van der Waals surface area contributed by atoms with Crippen LogP contribution in [-0.2, 0) is 9.59 Å². The van der Waals surface area contributed by atoms with Crippen LogP contribution in [0.5, 0.6) is 0 Å². The average molecular weight is 457 g/mol. The Hall–Kier alpha value is -3.93. The number of hydrogen-bond donors (Lipinski definition) is 1. The standard InChI is InChI=1S/C28H25FN2O3/c29-21-11-9-20(10-12-21)26(32)24-25(19-7-3-1-4-8-19)31(28(34)27(24)33)23-15-13-22(14-16-23)30-17-5-2-6-18-30/h1,3-4,7-16,25,32H,2,5-6,17-18H2/b26-24+. The van der Waals surface area contributed by atoms with Gasteiger partial charge in [-0.3, -0.25) is 14.5 Å². The van der Waals surface area contributed by atoms with Gasteiger partial charge in [-0.05, 0) is 73.4 Å². The molecule has 3 aromatic rings. The van der Waals surface area contributed by atoms with Crippen LogP contribution in [0, 0.1) is 5.82 Å². The summed E-state index contributed by atoms with van der Waals surface area (Å²) in [5, 5.41) is 11.1. The van der Waals surface area contributed by atoms with Crippen molar-refractivity contribution < 1.29 is 19.1 Å². The third kappa shape index (κ3) is 3.96. The minimum Gasteiger partial charge on any atom is -0.507 e. The van der Waals surface area contributed by atoms with Crippen molar-refractivity contribution in [3.63, 3.8) is 0 Å². The van der Waals surface area contributed by atoms with Gasteiger partial charge in [-0.1, -0.05) is 30.3 Å². The zero-order valence-electron chi connectivity index (χ0n) is 18.7. The van der Waals surface area contributed by atoms with Crippen molar-refractivity contribution in [1.29, 1.82) is 0 Å². The molecule has 0 saturated carbocycles. The molecule has 5 rings (SSSR count). The quantitative estimate of drug-likeness (QED) is 0.323. The van der Waals surface area contributed by atoms with E-state index in [1.165, 1.54) is 35.6 Å². The number of carbonyl (C=O) groups excluding carboxylic acids is 2. The minimum absolute atomic E-state index is 0.0112. The van der Waals surface area contributed by atoms with Crippen molar-refractivity contribution in [2.75, 3.05) is 22.9 Å². The molecule has 172 valence electrons. The van der Waals surface area contributed by atoms with Crippen LogP contribution in [0.25, 0.3) is 5.76 Å². The normalized spacial score (nSPS) is 20.1. The molecule has 1 unspecified atom stereocenters. The Morgan fingerprint density at radius 1 is 0.794 bits per heavy atom. The molecule has 2 aliphatic rings. The molecule has 1 amide bonds. The number of carbonyl (C=O) groups is 2. The van der Waals surface area contributed by atoms with E-state index in [4.69, 9.17) is 0 Å². The molecule has 1 N–H and O–H groups in total. The summed E-state index contributed by atoms with van der Waals surface area (Å²) in [6, 6.07) is 21.2. The van der Waals surface area contributed by atoms with E-state index in [-0.39, 0.29) is 16.9 Å². The van der Waals surface area contributed by atoms with Crippen molar-refractivity contribution in [1.82, 2.24) is 0 Å². The molecule has 2 heterocycles. The molecule has 0 bridgehead atoms. The van der Waals surface area contributed by atoms with Gasteiger partial charge >= 0.3 is 0 Å². The van der Waals surface area contributed by atoms with Crippen LogP contribution in [0.15, 0.2) is 84.4 Å². The average Bonchev–Trinajstić information content (AvgIpc) is 3.15. The fraction of sp³-hybridized carbons (Fsp3) is 0.214. The Bertz CT molecular complexity index is 1230. The monoisotopic (exact) mass is 456 g/mol. The third-order valence-electron chi connectivity index (χ3n) is 6.53. The lowest BCUT2D eigenvalue weighted by Gasteiger charge is -2.30. The number of rotatable bonds is 4. The second kappa shape index (κ2) is 9.14. The maximum Gasteiger partial charge on any atom is 0.300 e. The van der Waals surface area contributed by atoms with Crippen LogP contribution in [0.1, 0.15) is 36.4 Å². The second-order valence-corrected chi connectivity index (χ2v) is 8.65. The van der Waals surface area contributed by atoms with Gasteiger partial charge in [-0.25, -0.2) is 4.39 Å². The first-order valence-electron chi connectivity index (χ1n) is 11.5. The SMILES string of the molecule is O=C1C(=O)N(c2ccc(N3CCCCC3)cc2)C(c2ccccc2)/C1=C(\O)c1ccc(F)cc1. The first kappa shape index (κ1) is 21.9. The fourth-order valence-electron chi connectivity index (χ4n) is 4.79. The Balaban J connectivity index is 1.59. The highest BCUT2D eigenvalue weighted by atomic mass is 19.1. The zero-order chi connectivity index (χ0) is 23.7. The lowest BCUT2D eigenvalue weighted by molar-refractivity contribution is -0.132. The first-order chi connectivity index (χ1) is 16.5. The number of halogens is 1. The minimum atomic E-state index is -0.799. The summed E-state index contributed by atoms with van der Waals surface area (Å²) >= 11 is 0. The highest BCUT2D eigenvalue weighted by molar-refractivity contribution is 6.51. The molecule has 0 spiro atoms. The van der Waals surface area contributed by atoms with Crippen molar-refractivity contribution in [2.24, 2.45) is 0 Å². The molecule has 3 aromatic carbocycles. The number of aliphatic hydroxyl groups excluding tert-OH is 1. The van der Waals surface area contributed by atoms with Gasteiger partial charge in [0.1, 0.15) is 11.6 Å². The Morgan fingerprint density at radius 2 is 1.41 bits per heavy atom. The summed E-state index contributed by atoms with van der Waals surface area (Å²) in [6.07, 6.45) is 3.56. The van der Waals surface area contributed by atoms with E-state index in [1.807, 2.05) is 54.6 Å². The number of piperidine rings is 1. The summed E-state index contributed by atoms with van der Waals surface area (Å²) in [6.45, 7) is 2.01. The molecule has 0 aliphatic carbocycles. The van der Waals surface area contributed by atoms with Crippen molar-refractivity contribution in [2.45, 2.75) is 25.3 Å². The highest BCUT2D eigenvalue weighted by Crippen LogP contribution is 2.42. The molecular formula is C28H25FN2O3. The zero-order valence-corrected chi connectivity index (χ0v) is 18.7. The number of benzene rings is 3. The van der Waals surface area contributed by atoms with E-state index in [0.717, 1.165) is 31.6 Å². The predicted octanol–water partition coefficient (Wildman–Crippen LogP) is 5.44. The van der Waals surface area contributed by atoms with Gasteiger partial charge in [-0.15, -0.1) is 0 Å². The Morgan fingerprint density at radius 3 is 2.06 bits per heavy atom. The van der Waals surface area contributed by atoms with Crippen LogP contribution in [0.3, 0.4) is 0 Å². The van der Waals surface area contributed by atoms with E-state index in [0.29, 0.717) is 11.3 Å². The van der Waals surface area contributed by atoms with Gasteiger partial charge in [0.25, 0.3) is 11.7 Å². The van der Waals surface area contributed by atoms with Crippen LogP contribution in [0.2, 0.25) is 0 Å². The number of anilines is 2. The molecule has 1 atom stereocenters. The van der Waals surface area contributed by atoms with E-state index >= 15 is 0 Å². The molecule has 0 aromatic heterocycles. The van der Waals surface area contributed by atoms with Crippen molar-refractivity contribution in [3.8, 4) is 0 Å². The summed E-state index contributed by atoms with van der Waals surface area (Å²) in [4.78, 5) is 30.2. The Kier molecular flexibility index (Phi) is 5.88. The largest absolute Gasteiger partial charge is 0.507 e. The fourth-order valence-corrected chi connectivity index (χ4v) is 4.79. The van der Waals surface area contributed by atoms with Crippen LogP contribution >= 0.6 is 0 Å². The number of ketones is 1. The number of nitrogens with zero attached hydrogens (tertiary/aromatic N) is 2. The summed E-state index contributed by atoms with van der Waals surface area (Å²) in [7, 11) is 0. The predicted molar refractivity (Wildman–Crippen MR) is 130 cm³/mol. The summed E-state index contributed by atoms with van der Waals surface area (Å²) < 4.78 is 13.4.